The number of nitrogens with zero attached hydrogens (tertiary/aromatic N) is 2. The van der Waals surface area contributed by atoms with Crippen molar-refractivity contribution in [3.8, 4) is 17.2 Å². The fourth-order valence-electron chi connectivity index (χ4n) is 3.53. The van der Waals surface area contributed by atoms with Crippen molar-refractivity contribution < 1.29 is 18.7 Å². The van der Waals surface area contributed by atoms with Crippen molar-refractivity contribution in [2.45, 2.75) is 45.2 Å². The van der Waals surface area contributed by atoms with E-state index >= 15 is 0 Å². The Morgan fingerprint density at radius 2 is 1.81 bits per heavy atom. The highest BCUT2D eigenvalue weighted by Gasteiger charge is 2.30. The monoisotopic (exact) mass is 360 g/mol. The maximum absolute atomic E-state index is 5.64. The minimum atomic E-state index is 0.258. The third-order valence-electron chi connectivity index (χ3n) is 4.94. The average Bonchev–Trinajstić information content (AvgIpc) is 3.29. The largest absolute Gasteiger partial charge is 0.493 e. The van der Waals surface area contributed by atoms with Crippen molar-refractivity contribution in [2.24, 2.45) is 0 Å². The van der Waals surface area contributed by atoms with Crippen molar-refractivity contribution in [2.75, 3.05) is 27.9 Å². The molecule has 1 aromatic heterocycles. The van der Waals surface area contributed by atoms with Crippen LogP contribution in [-0.4, -0.2) is 37.9 Å². The molecule has 142 valence electrons. The Labute approximate surface area is 155 Å². The lowest BCUT2D eigenvalue weighted by Gasteiger charge is -2.23. The van der Waals surface area contributed by atoms with Crippen molar-refractivity contribution in [1.29, 1.82) is 0 Å². The number of likely N-dealkylation sites (tertiary alicyclic amines) is 1. The summed E-state index contributed by atoms with van der Waals surface area (Å²) >= 11 is 0. The summed E-state index contributed by atoms with van der Waals surface area (Å²) in [6.07, 6.45) is 2.23. The zero-order chi connectivity index (χ0) is 18.7. The summed E-state index contributed by atoms with van der Waals surface area (Å²) in [5.74, 6) is 3.31. The minimum Gasteiger partial charge on any atom is -0.493 e. The predicted octanol–water partition coefficient (Wildman–Crippen LogP) is 4.16. The van der Waals surface area contributed by atoms with E-state index in [-0.39, 0.29) is 6.04 Å². The molecule has 1 aliphatic heterocycles. The molecule has 3 rings (SSSR count). The molecule has 0 saturated carbocycles. The Morgan fingerprint density at radius 3 is 2.35 bits per heavy atom. The fourth-order valence-corrected chi connectivity index (χ4v) is 3.53. The van der Waals surface area contributed by atoms with Crippen LogP contribution in [0.4, 0.5) is 0 Å². The zero-order valence-electron chi connectivity index (χ0n) is 16.2. The molecule has 6 nitrogen and oxygen atoms in total. The maximum Gasteiger partial charge on any atom is 0.203 e. The first-order chi connectivity index (χ1) is 12.6. The smallest absolute Gasteiger partial charge is 0.203 e. The Hall–Kier alpha value is -2.21. The summed E-state index contributed by atoms with van der Waals surface area (Å²) in [6, 6.07) is 6.38. The van der Waals surface area contributed by atoms with Crippen LogP contribution in [0.1, 0.15) is 55.7 Å². The average molecular weight is 360 g/mol. The van der Waals surface area contributed by atoms with E-state index in [1.54, 1.807) is 21.3 Å². The van der Waals surface area contributed by atoms with E-state index in [9.17, 15) is 0 Å². The van der Waals surface area contributed by atoms with Crippen molar-refractivity contribution >= 4 is 0 Å². The van der Waals surface area contributed by atoms with Gasteiger partial charge in [0, 0.05) is 12.6 Å². The van der Waals surface area contributed by atoms with E-state index in [4.69, 9.17) is 18.7 Å². The third kappa shape index (κ3) is 3.65. The topological polar surface area (TPSA) is 57.0 Å². The summed E-state index contributed by atoms with van der Waals surface area (Å²) in [5.41, 5.74) is 2.13. The summed E-state index contributed by atoms with van der Waals surface area (Å²) in [7, 11) is 4.90. The van der Waals surface area contributed by atoms with E-state index in [1.807, 2.05) is 12.1 Å². The molecule has 0 radical (unpaired) electrons. The van der Waals surface area contributed by atoms with E-state index in [0.717, 1.165) is 42.9 Å². The van der Waals surface area contributed by atoms with E-state index < -0.39 is 0 Å². The summed E-state index contributed by atoms with van der Waals surface area (Å²) in [4.78, 5) is 2.42. The molecular weight excluding hydrogens is 332 g/mol. The number of aromatic nitrogens is 1. The van der Waals surface area contributed by atoms with Crippen LogP contribution in [0.25, 0.3) is 0 Å². The number of hydrogen-bond acceptors (Lipinski definition) is 6. The molecule has 1 fully saturated rings. The molecule has 2 aromatic rings. The molecule has 26 heavy (non-hydrogen) atoms. The van der Waals surface area contributed by atoms with Crippen molar-refractivity contribution in [3.05, 3.63) is 35.2 Å². The minimum absolute atomic E-state index is 0.258. The van der Waals surface area contributed by atoms with Gasteiger partial charge in [0.15, 0.2) is 17.3 Å². The lowest BCUT2D eigenvalue weighted by Crippen LogP contribution is -2.22. The van der Waals surface area contributed by atoms with Crippen LogP contribution >= 0.6 is 0 Å². The number of ether oxygens (including phenoxy) is 3. The quantitative estimate of drug-likeness (QED) is 0.739. The highest BCUT2D eigenvalue weighted by Crippen LogP contribution is 2.40. The number of hydrogen-bond donors (Lipinski definition) is 0. The molecule has 0 unspecified atom stereocenters. The third-order valence-corrected chi connectivity index (χ3v) is 4.94. The standard InChI is InChI=1S/C20H28N2O4/c1-13(2)15-11-17(26-21-15)16-7-6-8-22(16)12-14-9-18(23-3)20(25-5)19(10-14)24-4/h9-11,13,16H,6-8,12H2,1-5H3/t16-/m1/s1. The van der Waals surface area contributed by atoms with Gasteiger partial charge < -0.3 is 18.7 Å². The molecule has 6 heteroatoms. The van der Waals surface area contributed by atoms with Gasteiger partial charge in [-0.3, -0.25) is 4.90 Å². The number of benzene rings is 1. The second kappa shape index (κ2) is 7.99. The molecule has 1 saturated heterocycles. The van der Waals surface area contributed by atoms with Crippen LogP contribution in [0.5, 0.6) is 17.2 Å². The first-order valence-electron chi connectivity index (χ1n) is 9.06. The number of rotatable bonds is 7. The van der Waals surface area contributed by atoms with Gasteiger partial charge in [0.2, 0.25) is 5.75 Å². The zero-order valence-corrected chi connectivity index (χ0v) is 16.2. The Morgan fingerprint density at radius 1 is 1.12 bits per heavy atom. The van der Waals surface area contributed by atoms with E-state index in [0.29, 0.717) is 23.2 Å². The SMILES string of the molecule is COc1cc(CN2CCC[C@@H]2c2cc(C(C)C)no2)cc(OC)c1OC. The molecule has 0 amide bonds. The predicted molar refractivity (Wildman–Crippen MR) is 99.1 cm³/mol. The molecule has 0 bridgehead atoms. The van der Waals surface area contributed by atoms with Gasteiger partial charge in [-0.1, -0.05) is 19.0 Å². The van der Waals surface area contributed by atoms with Crippen LogP contribution in [0.3, 0.4) is 0 Å². The molecule has 0 aliphatic carbocycles. The molecule has 0 N–H and O–H groups in total. The van der Waals surface area contributed by atoms with Gasteiger partial charge in [-0.15, -0.1) is 0 Å². The fraction of sp³-hybridized carbons (Fsp3) is 0.550. The Bertz CT molecular complexity index is 716. The second-order valence-corrected chi connectivity index (χ2v) is 6.97. The van der Waals surface area contributed by atoms with Crippen molar-refractivity contribution in [1.82, 2.24) is 10.1 Å². The normalized spacial score (nSPS) is 17.7. The Kier molecular flexibility index (Phi) is 5.71. The van der Waals surface area contributed by atoms with E-state index in [2.05, 4.69) is 30.0 Å². The summed E-state index contributed by atoms with van der Waals surface area (Å²) < 4.78 is 22.0. The Balaban J connectivity index is 1.83. The van der Waals surface area contributed by atoms with Gasteiger partial charge in [0.05, 0.1) is 33.1 Å². The van der Waals surface area contributed by atoms with Crippen molar-refractivity contribution in [3.63, 3.8) is 0 Å². The lowest BCUT2D eigenvalue weighted by atomic mass is 10.1. The van der Waals surface area contributed by atoms with Gasteiger partial charge in [0.1, 0.15) is 0 Å². The van der Waals surface area contributed by atoms with E-state index in [1.165, 1.54) is 0 Å². The molecule has 1 aromatic carbocycles. The van der Waals surface area contributed by atoms with Gasteiger partial charge in [-0.25, -0.2) is 0 Å². The molecule has 0 spiro atoms. The van der Waals surface area contributed by atoms with Crippen LogP contribution in [-0.2, 0) is 6.54 Å². The van der Waals surface area contributed by atoms with Gasteiger partial charge in [-0.2, -0.15) is 0 Å². The summed E-state index contributed by atoms with van der Waals surface area (Å²) in [6.45, 7) is 6.08. The molecular formula is C20H28N2O4. The molecule has 2 heterocycles. The van der Waals surface area contributed by atoms with Crippen LogP contribution in [0.15, 0.2) is 22.7 Å². The summed E-state index contributed by atoms with van der Waals surface area (Å²) in [5, 5.41) is 4.22. The maximum atomic E-state index is 5.64. The highest BCUT2D eigenvalue weighted by atomic mass is 16.5. The van der Waals surface area contributed by atoms with Crippen LogP contribution in [0, 0.1) is 0 Å². The van der Waals surface area contributed by atoms with Crippen LogP contribution in [0.2, 0.25) is 0 Å². The highest BCUT2D eigenvalue weighted by molar-refractivity contribution is 5.53. The number of methoxy groups -OCH3 is 3. The van der Waals surface area contributed by atoms with Gasteiger partial charge >= 0.3 is 0 Å². The molecule has 1 atom stereocenters. The van der Waals surface area contributed by atoms with Gasteiger partial charge in [0.25, 0.3) is 0 Å². The lowest BCUT2D eigenvalue weighted by molar-refractivity contribution is 0.205. The first kappa shape index (κ1) is 18.6. The van der Waals surface area contributed by atoms with Gasteiger partial charge in [-0.05, 0) is 43.0 Å². The first-order valence-corrected chi connectivity index (χ1v) is 9.06. The molecule has 1 aliphatic rings. The second-order valence-electron chi connectivity index (χ2n) is 6.97. The van der Waals surface area contributed by atoms with Crippen LogP contribution < -0.4 is 14.2 Å².